The number of aliphatic imine (C=N–C) groups is 1. The van der Waals surface area contributed by atoms with Crippen molar-refractivity contribution in [3.8, 4) is 0 Å². The Balaban J connectivity index is 4.71. The minimum absolute atomic E-state index is 0.00448. The fraction of sp³-hybridized carbons (Fsp3) is 0.700. The van der Waals surface area contributed by atoms with Gasteiger partial charge in [-0.1, -0.05) is 12.1 Å². The van der Waals surface area contributed by atoms with E-state index in [2.05, 4.69) is 38.1 Å². The van der Waals surface area contributed by atoms with Gasteiger partial charge in [0, 0.05) is 19.9 Å². The second kappa shape index (κ2) is 17.3. The number of aliphatic hydroxyl groups is 1. The van der Waals surface area contributed by atoms with E-state index in [0.717, 1.165) is 0 Å². The number of amidine groups is 1. The van der Waals surface area contributed by atoms with Crippen LogP contribution in [0.5, 0.6) is 0 Å². The molecule has 0 saturated carbocycles. The van der Waals surface area contributed by atoms with Crippen LogP contribution >= 0.6 is 0 Å². The molecule has 13 nitrogen and oxygen atoms in total. The summed E-state index contributed by atoms with van der Waals surface area (Å²) in [6, 6.07) is -2.77. The molecule has 0 aliphatic heterocycles. The van der Waals surface area contributed by atoms with Crippen molar-refractivity contribution >= 4 is 36.4 Å². The molecule has 4 amide bonds. The third-order valence-corrected chi connectivity index (χ3v) is 4.25. The van der Waals surface area contributed by atoms with Crippen molar-refractivity contribution in [1.82, 2.24) is 21.3 Å². The van der Waals surface area contributed by atoms with Crippen molar-refractivity contribution in [2.75, 3.05) is 19.7 Å². The highest BCUT2D eigenvalue weighted by Gasteiger charge is 2.24. The van der Waals surface area contributed by atoms with Crippen LogP contribution in [0.25, 0.3) is 0 Å². The summed E-state index contributed by atoms with van der Waals surface area (Å²) in [7, 11) is 0. The summed E-state index contributed by atoms with van der Waals surface area (Å²) in [4.78, 5) is 54.7. The van der Waals surface area contributed by atoms with E-state index < -0.39 is 30.2 Å². The molecule has 0 heterocycles. The van der Waals surface area contributed by atoms with Crippen molar-refractivity contribution in [1.29, 1.82) is 0 Å². The van der Waals surface area contributed by atoms with Crippen LogP contribution in [0.4, 0.5) is 4.79 Å². The molecular formula is C20H36N6O7. The predicted molar refractivity (Wildman–Crippen MR) is 122 cm³/mol. The van der Waals surface area contributed by atoms with Crippen LogP contribution in [0.3, 0.4) is 0 Å². The molecule has 0 aliphatic rings. The summed E-state index contributed by atoms with van der Waals surface area (Å²) in [5, 5.41) is 32.3. The van der Waals surface area contributed by atoms with Crippen LogP contribution in [-0.2, 0) is 19.2 Å². The Morgan fingerprint density at radius 2 is 1.79 bits per heavy atom. The number of carboxylic acid groups (broad SMARTS) is 1. The van der Waals surface area contributed by atoms with Crippen LogP contribution in [0.15, 0.2) is 10.1 Å². The number of carbonyl (C=O) groups is 4. The molecule has 0 saturated heterocycles. The monoisotopic (exact) mass is 472 g/mol. The minimum Gasteiger partial charge on any atom is -0.480 e. The summed E-state index contributed by atoms with van der Waals surface area (Å²) < 4.78 is 0. The highest BCUT2D eigenvalue weighted by Crippen LogP contribution is 2.06. The van der Waals surface area contributed by atoms with Gasteiger partial charge >= 0.3 is 12.0 Å². The first-order valence-corrected chi connectivity index (χ1v) is 10.8. The average molecular weight is 473 g/mol. The van der Waals surface area contributed by atoms with Crippen molar-refractivity contribution in [2.45, 2.75) is 71.1 Å². The van der Waals surface area contributed by atoms with Crippen LogP contribution in [-0.4, -0.2) is 84.5 Å². The number of aliphatic hydroxyl groups excluding tert-OH is 1. The number of amides is 4. The third-order valence-electron chi connectivity index (χ3n) is 4.25. The fourth-order valence-corrected chi connectivity index (χ4v) is 2.60. The second-order valence-corrected chi connectivity index (χ2v) is 7.25. The van der Waals surface area contributed by atoms with Gasteiger partial charge in [0.15, 0.2) is 11.9 Å². The van der Waals surface area contributed by atoms with Gasteiger partial charge in [0.2, 0.25) is 11.8 Å². The van der Waals surface area contributed by atoms with E-state index in [1.165, 1.54) is 13.8 Å². The van der Waals surface area contributed by atoms with Gasteiger partial charge < -0.3 is 36.3 Å². The van der Waals surface area contributed by atoms with Gasteiger partial charge in [-0.2, -0.15) is 0 Å². The molecule has 0 spiro atoms. The Kier molecular flexibility index (Phi) is 15.7. The summed E-state index contributed by atoms with van der Waals surface area (Å²) >= 11 is 0. The highest BCUT2D eigenvalue weighted by molar-refractivity contribution is 5.93. The number of hydrogen-bond acceptors (Lipinski definition) is 7. The maximum absolute atomic E-state index is 12.0. The van der Waals surface area contributed by atoms with Crippen molar-refractivity contribution in [3.63, 3.8) is 0 Å². The molecule has 0 aliphatic carbocycles. The van der Waals surface area contributed by atoms with Crippen molar-refractivity contribution in [3.05, 3.63) is 0 Å². The van der Waals surface area contributed by atoms with E-state index in [1.54, 1.807) is 0 Å². The zero-order chi connectivity index (χ0) is 25.2. The van der Waals surface area contributed by atoms with Gasteiger partial charge in [-0.05, 0) is 39.3 Å². The van der Waals surface area contributed by atoms with Gasteiger partial charge in [-0.25, -0.2) is 14.6 Å². The van der Waals surface area contributed by atoms with Gasteiger partial charge in [0.1, 0.15) is 6.61 Å². The number of nitrogens with one attached hydrogen (secondary N) is 4. The Labute approximate surface area is 193 Å². The molecule has 0 aromatic rings. The molecule has 188 valence electrons. The number of carboxylic acids is 1. The molecule has 3 atom stereocenters. The molecule has 0 fully saturated rings. The number of unbranched alkanes of at least 4 members (excludes halogenated alkanes) is 1. The Morgan fingerprint density at radius 1 is 1.09 bits per heavy atom. The third kappa shape index (κ3) is 14.5. The predicted octanol–water partition coefficient (Wildman–Crippen LogP) is -0.258. The maximum Gasteiger partial charge on any atom is 0.328 e. The SMILES string of the molecule is C=N/C(=N\OCCNC(=O)NC(C(=O)O)C(C)O)C(CCCCNC(C)=O)NC(=O)CCC. The average Bonchev–Trinajstić information content (AvgIpc) is 2.73. The number of nitrogens with zero attached hydrogens (tertiary/aromatic N) is 2. The standard InChI is InChI=1S/C20H36N6O7/c1-5-8-16(29)24-15(9-6-7-10-22-14(3)28)18(21-4)26-33-12-11-23-20(32)25-17(13(2)27)19(30)31/h13,15,17,27H,4-12H2,1-3H3,(H,22,28)(H,24,29)(H,30,31)(H2,23,25,32)/b26-18-. The molecule has 0 radical (unpaired) electrons. The van der Waals surface area contributed by atoms with E-state index in [-0.39, 0.29) is 30.8 Å². The molecule has 0 rings (SSSR count). The normalized spacial score (nSPS) is 13.8. The van der Waals surface area contributed by atoms with E-state index in [4.69, 9.17) is 9.94 Å². The van der Waals surface area contributed by atoms with E-state index in [9.17, 15) is 24.3 Å². The van der Waals surface area contributed by atoms with Crippen LogP contribution < -0.4 is 21.3 Å². The van der Waals surface area contributed by atoms with Crippen LogP contribution in [0.1, 0.15) is 52.9 Å². The number of urea groups is 1. The Bertz CT molecular complexity index is 684. The lowest BCUT2D eigenvalue weighted by Crippen LogP contribution is -2.51. The smallest absolute Gasteiger partial charge is 0.328 e. The van der Waals surface area contributed by atoms with Crippen LogP contribution in [0, 0.1) is 0 Å². The highest BCUT2D eigenvalue weighted by atomic mass is 16.6. The lowest BCUT2D eigenvalue weighted by molar-refractivity contribution is -0.141. The Hall–Kier alpha value is -3.22. The molecule has 6 N–H and O–H groups in total. The van der Waals surface area contributed by atoms with Gasteiger partial charge in [-0.3, -0.25) is 9.59 Å². The number of carbonyl (C=O) groups excluding carboxylic acids is 3. The topological polar surface area (TPSA) is 191 Å². The molecule has 13 heteroatoms. The maximum atomic E-state index is 12.0. The minimum atomic E-state index is -1.45. The first kappa shape index (κ1) is 29.8. The largest absolute Gasteiger partial charge is 0.480 e. The van der Waals surface area contributed by atoms with Gasteiger partial charge in [0.25, 0.3) is 0 Å². The van der Waals surface area contributed by atoms with E-state index in [0.29, 0.717) is 38.6 Å². The number of oxime groups is 1. The van der Waals surface area contributed by atoms with Gasteiger partial charge in [0.05, 0.1) is 18.7 Å². The lowest BCUT2D eigenvalue weighted by Gasteiger charge is -2.18. The van der Waals surface area contributed by atoms with E-state index in [1.807, 2.05) is 6.92 Å². The summed E-state index contributed by atoms with van der Waals surface area (Å²) in [5.41, 5.74) is 0. The van der Waals surface area contributed by atoms with Crippen molar-refractivity contribution in [2.24, 2.45) is 10.1 Å². The number of rotatable bonds is 16. The van der Waals surface area contributed by atoms with Gasteiger partial charge in [-0.15, -0.1) is 0 Å². The van der Waals surface area contributed by atoms with E-state index >= 15 is 0 Å². The first-order chi connectivity index (χ1) is 15.6. The molecular weight excluding hydrogens is 436 g/mol. The quantitative estimate of drug-likeness (QED) is 0.0771. The molecule has 0 bridgehead atoms. The summed E-state index contributed by atoms with van der Waals surface area (Å²) in [5.74, 6) is -1.47. The Morgan fingerprint density at radius 3 is 2.33 bits per heavy atom. The molecule has 0 aromatic heterocycles. The number of aliphatic carboxylic acids is 1. The zero-order valence-electron chi connectivity index (χ0n) is 19.4. The summed E-state index contributed by atoms with van der Waals surface area (Å²) in [6.45, 7) is 8.49. The lowest BCUT2D eigenvalue weighted by atomic mass is 10.1. The molecule has 3 unspecified atom stereocenters. The molecule has 0 aromatic carbocycles. The molecule has 33 heavy (non-hydrogen) atoms. The summed E-state index contributed by atoms with van der Waals surface area (Å²) in [6.07, 6.45) is 1.64. The van der Waals surface area contributed by atoms with Crippen molar-refractivity contribution < 1.29 is 34.2 Å². The number of hydrogen-bond donors (Lipinski definition) is 6. The van der Waals surface area contributed by atoms with Crippen LogP contribution in [0.2, 0.25) is 0 Å². The second-order valence-electron chi connectivity index (χ2n) is 7.25. The fourth-order valence-electron chi connectivity index (χ4n) is 2.60. The zero-order valence-corrected chi connectivity index (χ0v) is 19.4. The first-order valence-electron chi connectivity index (χ1n) is 10.8.